The van der Waals surface area contributed by atoms with E-state index in [2.05, 4.69) is 4.72 Å². The lowest BCUT2D eigenvalue weighted by Gasteiger charge is -2.22. The number of carboxylic acids is 1. The van der Waals surface area contributed by atoms with Gasteiger partial charge in [-0.25, -0.2) is 4.31 Å². The van der Waals surface area contributed by atoms with Crippen LogP contribution < -0.4 is 9.03 Å². The molecule has 104 valence electrons. The van der Waals surface area contributed by atoms with Gasteiger partial charge in [-0.15, -0.1) is 0 Å². The van der Waals surface area contributed by atoms with Gasteiger partial charge in [0, 0.05) is 6.04 Å². The van der Waals surface area contributed by atoms with Gasteiger partial charge in [0.05, 0.1) is 5.69 Å². The van der Waals surface area contributed by atoms with Crippen molar-refractivity contribution in [2.24, 2.45) is 0 Å². The smallest absolute Gasteiger partial charge is 0.324 e. The van der Waals surface area contributed by atoms with Gasteiger partial charge >= 0.3 is 16.2 Å². The molecule has 3 N–H and O–H groups in total. The third-order valence-corrected chi connectivity index (χ3v) is 4.15. The van der Waals surface area contributed by atoms with E-state index in [1.165, 1.54) is 24.3 Å². The minimum Gasteiger partial charge on any atom is -0.508 e. The molecule has 0 bridgehead atoms. The number of aliphatic carboxylic acids is 1. The quantitative estimate of drug-likeness (QED) is 0.696. The molecule has 19 heavy (non-hydrogen) atoms. The number of phenols is 1. The predicted octanol–water partition coefficient (Wildman–Crippen LogP) is 0.280. The van der Waals surface area contributed by atoms with E-state index in [1.54, 1.807) is 0 Å². The molecule has 1 aliphatic carbocycles. The first-order chi connectivity index (χ1) is 8.88. The summed E-state index contributed by atoms with van der Waals surface area (Å²) < 4.78 is 27.4. The van der Waals surface area contributed by atoms with Crippen molar-refractivity contribution < 1.29 is 23.4 Å². The molecule has 1 aromatic carbocycles. The molecule has 0 spiro atoms. The molecule has 0 atom stereocenters. The molecular weight excluding hydrogens is 272 g/mol. The number of nitrogens with zero attached hydrogens (tertiary/aromatic N) is 1. The molecule has 1 saturated carbocycles. The fourth-order valence-corrected chi connectivity index (χ4v) is 3.00. The van der Waals surface area contributed by atoms with Gasteiger partial charge in [0.25, 0.3) is 0 Å². The minimum atomic E-state index is -3.90. The summed E-state index contributed by atoms with van der Waals surface area (Å²) in [6, 6.07) is 5.20. The maximum absolute atomic E-state index is 12.1. The molecule has 0 unspecified atom stereocenters. The van der Waals surface area contributed by atoms with Crippen LogP contribution in [-0.4, -0.2) is 37.2 Å². The van der Waals surface area contributed by atoms with Gasteiger partial charge in [-0.1, -0.05) is 0 Å². The lowest BCUT2D eigenvalue weighted by molar-refractivity contribution is -0.135. The number of aromatic hydroxyl groups is 1. The number of anilines is 1. The number of carboxylic acid groups (broad SMARTS) is 1. The number of benzene rings is 1. The van der Waals surface area contributed by atoms with Crippen molar-refractivity contribution in [3.63, 3.8) is 0 Å². The van der Waals surface area contributed by atoms with Crippen molar-refractivity contribution in [1.29, 1.82) is 0 Å². The first-order valence-corrected chi connectivity index (χ1v) is 7.13. The standard InChI is InChI=1S/C11H14N2O5S/c14-10-5-3-9(4-6-10)13(7-11(15)16)19(17,18)12-8-1-2-8/h3-6,8,12,14H,1-2,7H2,(H,15,16). The van der Waals surface area contributed by atoms with Crippen LogP contribution in [0, 0.1) is 0 Å². The van der Waals surface area contributed by atoms with Crippen LogP contribution in [0.3, 0.4) is 0 Å². The first kappa shape index (κ1) is 13.6. The second-order valence-corrected chi connectivity index (χ2v) is 5.94. The largest absolute Gasteiger partial charge is 0.508 e. The fourth-order valence-electron chi connectivity index (χ4n) is 1.53. The van der Waals surface area contributed by atoms with Crippen molar-refractivity contribution in [3.05, 3.63) is 24.3 Å². The van der Waals surface area contributed by atoms with Crippen molar-refractivity contribution in [2.45, 2.75) is 18.9 Å². The zero-order valence-corrected chi connectivity index (χ0v) is 10.8. The van der Waals surface area contributed by atoms with Gasteiger partial charge in [0.1, 0.15) is 12.3 Å². The van der Waals surface area contributed by atoms with Gasteiger partial charge in [0.2, 0.25) is 0 Å². The van der Waals surface area contributed by atoms with E-state index in [-0.39, 0.29) is 17.5 Å². The molecule has 0 amide bonds. The van der Waals surface area contributed by atoms with Crippen LogP contribution in [0.1, 0.15) is 12.8 Å². The molecule has 0 heterocycles. The Morgan fingerprint density at radius 2 is 1.89 bits per heavy atom. The molecule has 1 fully saturated rings. The Kier molecular flexibility index (Phi) is 3.63. The van der Waals surface area contributed by atoms with Crippen LogP contribution in [0.25, 0.3) is 0 Å². The molecule has 0 saturated heterocycles. The zero-order valence-electron chi connectivity index (χ0n) is 9.98. The van der Waals surface area contributed by atoms with Crippen molar-refractivity contribution in [3.8, 4) is 5.75 Å². The van der Waals surface area contributed by atoms with Crippen molar-refractivity contribution in [1.82, 2.24) is 4.72 Å². The van der Waals surface area contributed by atoms with Gasteiger partial charge in [-0.05, 0) is 37.1 Å². The highest BCUT2D eigenvalue weighted by molar-refractivity contribution is 7.91. The van der Waals surface area contributed by atoms with Crippen LogP contribution in [0.2, 0.25) is 0 Å². The summed E-state index contributed by atoms with van der Waals surface area (Å²) in [6.07, 6.45) is 1.52. The molecule has 1 aromatic rings. The highest BCUT2D eigenvalue weighted by Gasteiger charge is 2.32. The van der Waals surface area contributed by atoms with Gasteiger partial charge < -0.3 is 10.2 Å². The maximum atomic E-state index is 12.1. The Bertz CT molecular complexity index is 565. The van der Waals surface area contributed by atoms with E-state index in [1.807, 2.05) is 0 Å². The van der Waals surface area contributed by atoms with Crippen LogP contribution >= 0.6 is 0 Å². The second-order valence-electron chi connectivity index (χ2n) is 4.31. The van der Waals surface area contributed by atoms with E-state index >= 15 is 0 Å². The number of rotatable bonds is 6. The molecule has 8 heteroatoms. The molecule has 0 radical (unpaired) electrons. The molecule has 0 aliphatic heterocycles. The molecule has 0 aromatic heterocycles. The predicted molar refractivity (Wildman–Crippen MR) is 68.2 cm³/mol. The van der Waals surface area contributed by atoms with Crippen LogP contribution in [-0.2, 0) is 15.0 Å². The number of hydrogen-bond acceptors (Lipinski definition) is 4. The number of phenolic OH excluding ortho intramolecular Hbond substituents is 1. The average molecular weight is 286 g/mol. The lowest BCUT2D eigenvalue weighted by atomic mass is 10.3. The Balaban J connectivity index is 2.28. The number of hydrogen-bond donors (Lipinski definition) is 3. The Morgan fingerprint density at radius 1 is 1.32 bits per heavy atom. The zero-order chi connectivity index (χ0) is 14.0. The molecule has 1 aliphatic rings. The summed E-state index contributed by atoms with van der Waals surface area (Å²) in [6.45, 7) is -0.674. The van der Waals surface area contributed by atoms with Crippen LogP contribution in [0.15, 0.2) is 24.3 Å². The van der Waals surface area contributed by atoms with Crippen LogP contribution in [0.4, 0.5) is 5.69 Å². The maximum Gasteiger partial charge on any atom is 0.324 e. The summed E-state index contributed by atoms with van der Waals surface area (Å²) >= 11 is 0. The summed E-state index contributed by atoms with van der Waals surface area (Å²) in [5.41, 5.74) is 0.188. The minimum absolute atomic E-state index is 0.0217. The van der Waals surface area contributed by atoms with E-state index in [0.717, 1.165) is 17.1 Å². The Hall–Kier alpha value is -1.80. The first-order valence-electron chi connectivity index (χ1n) is 5.69. The number of carbonyl (C=O) groups is 1. The SMILES string of the molecule is O=C(O)CN(c1ccc(O)cc1)S(=O)(=O)NC1CC1. The third-order valence-electron chi connectivity index (χ3n) is 2.60. The van der Waals surface area contributed by atoms with E-state index < -0.39 is 22.7 Å². The summed E-state index contributed by atoms with van der Waals surface area (Å²) in [7, 11) is -3.90. The highest BCUT2D eigenvalue weighted by Crippen LogP contribution is 2.24. The summed E-state index contributed by atoms with van der Waals surface area (Å²) in [5, 5.41) is 18.0. The summed E-state index contributed by atoms with van der Waals surface area (Å²) in [5.74, 6) is -1.28. The third kappa shape index (κ3) is 3.58. The lowest BCUT2D eigenvalue weighted by Crippen LogP contribution is -2.44. The van der Waals surface area contributed by atoms with Crippen molar-refractivity contribution in [2.75, 3.05) is 10.8 Å². The Morgan fingerprint density at radius 3 is 2.37 bits per heavy atom. The second kappa shape index (κ2) is 5.06. The van der Waals surface area contributed by atoms with Crippen molar-refractivity contribution >= 4 is 21.9 Å². The summed E-state index contributed by atoms with van der Waals surface area (Å²) in [4.78, 5) is 10.8. The molecule has 2 rings (SSSR count). The fraction of sp³-hybridized carbons (Fsp3) is 0.364. The molecular formula is C11H14N2O5S. The molecule has 7 nitrogen and oxygen atoms in total. The normalized spacial score (nSPS) is 15.2. The highest BCUT2D eigenvalue weighted by atomic mass is 32.2. The van der Waals surface area contributed by atoms with Crippen LogP contribution in [0.5, 0.6) is 5.75 Å². The van der Waals surface area contributed by atoms with E-state index in [4.69, 9.17) is 5.11 Å². The topological polar surface area (TPSA) is 107 Å². The van der Waals surface area contributed by atoms with E-state index in [0.29, 0.717) is 0 Å². The van der Waals surface area contributed by atoms with Gasteiger partial charge in [0.15, 0.2) is 0 Å². The monoisotopic (exact) mass is 286 g/mol. The average Bonchev–Trinajstić information content (AvgIpc) is 3.10. The number of nitrogens with one attached hydrogen (secondary N) is 1. The van der Waals surface area contributed by atoms with Gasteiger partial charge in [-0.3, -0.25) is 4.79 Å². The van der Waals surface area contributed by atoms with Gasteiger partial charge in [-0.2, -0.15) is 13.1 Å². The van der Waals surface area contributed by atoms with E-state index in [9.17, 15) is 18.3 Å². The Labute approximate surface area is 110 Å².